The van der Waals surface area contributed by atoms with Crippen LogP contribution in [0.15, 0.2) is 24.5 Å². The summed E-state index contributed by atoms with van der Waals surface area (Å²) in [7, 11) is 0. The molecule has 3 N–H and O–H groups in total. The lowest BCUT2D eigenvalue weighted by molar-refractivity contribution is -0.167. The maximum atomic E-state index is 12.7. The lowest BCUT2D eigenvalue weighted by Crippen LogP contribution is -2.58. The fraction of sp³-hybridized carbons (Fsp3) is 0.526. The van der Waals surface area contributed by atoms with Crippen LogP contribution in [0.1, 0.15) is 47.7 Å². The summed E-state index contributed by atoms with van der Waals surface area (Å²) in [5.74, 6) is 0.218. The summed E-state index contributed by atoms with van der Waals surface area (Å²) in [6.45, 7) is -1.00. The predicted octanol–water partition coefficient (Wildman–Crippen LogP) is 2.28. The first-order chi connectivity index (χ1) is 13.3. The summed E-state index contributed by atoms with van der Waals surface area (Å²) in [6, 6.07) is 1.15. The molecule has 0 aliphatic heterocycles. The highest BCUT2D eigenvalue weighted by Crippen LogP contribution is 2.39. The standard InChI is InChI=1S/C19H21F3N4O2/c20-19(21,22)17(9-27)25-13-4-14(5-13)26-18(28)12-3-11-7-23-15(10-1-2-10)6-16(11)24-8-12/h3,6-8,10,13-14,17,25,27H,1-2,4-5,9H2,(H,26,28)/t13-,14-,17-/m1/s1. The minimum atomic E-state index is -4.49. The van der Waals surface area contributed by atoms with Gasteiger partial charge in [0.2, 0.25) is 0 Å². The minimum absolute atomic E-state index is 0.205. The summed E-state index contributed by atoms with van der Waals surface area (Å²) < 4.78 is 38.0. The summed E-state index contributed by atoms with van der Waals surface area (Å²) in [4.78, 5) is 21.2. The van der Waals surface area contributed by atoms with E-state index < -0.39 is 18.8 Å². The number of aromatic nitrogens is 2. The van der Waals surface area contributed by atoms with Crippen molar-refractivity contribution in [3.63, 3.8) is 0 Å². The van der Waals surface area contributed by atoms with E-state index in [4.69, 9.17) is 5.11 Å². The number of pyridine rings is 2. The van der Waals surface area contributed by atoms with Crippen molar-refractivity contribution in [2.45, 2.75) is 55.9 Å². The Kier molecular flexibility index (Phi) is 4.96. The summed E-state index contributed by atoms with van der Waals surface area (Å²) >= 11 is 0. The van der Waals surface area contributed by atoms with Crippen LogP contribution < -0.4 is 10.6 Å². The number of nitrogens with zero attached hydrogens (tertiary/aromatic N) is 2. The topological polar surface area (TPSA) is 87.1 Å². The van der Waals surface area contributed by atoms with E-state index in [0.29, 0.717) is 24.3 Å². The molecule has 0 radical (unpaired) electrons. The molecule has 2 aliphatic carbocycles. The van der Waals surface area contributed by atoms with E-state index >= 15 is 0 Å². The number of aliphatic hydroxyl groups excluding tert-OH is 1. The predicted molar refractivity (Wildman–Crippen MR) is 95.9 cm³/mol. The first kappa shape index (κ1) is 19.1. The molecule has 28 heavy (non-hydrogen) atoms. The van der Waals surface area contributed by atoms with E-state index in [1.54, 1.807) is 12.3 Å². The third-order valence-corrected chi connectivity index (χ3v) is 5.33. The van der Waals surface area contributed by atoms with Crippen molar-refractivity contribution in [1.82, 2.24) is 20.6 Å². The van der Waals surface area contributed by atoms with E-state index in [9.17, 15) is 18.0 Å². The summed E-state index contributed by atoms with van der Waals surface area (Å²) in [5, 5.41) is 14.8. The van der Waals surface area contributed by atoms with E-state index in [0.717, 1.165) is 29.4 Å². The molecule has 2 saturated carbocycles. The molecule has 2 heterocycles. The smallest absolute Gasteiger partial charge is 0.394 e. The Balaban J connectivity index is 1.32. The molecule has 4 rings (SSSR count). The fourth-order valence-electron chi connectivity index (χ4n) is 3.44. The van der Waals surface area contributed by atoms with Crippen LogP contribution in [0, 0.1) is 0 Å². The van der Waals surface area contributed by atoms with Crippen molar-refractivity contribution in [3.8, 4) is 0 Å². The van der Waals surface area contributed by atoms with Crippen LogP contribution in [0.2, 0.25) is 0 Å². The Morgan fingerprint density at radius 2 is 1.93 bits per heavy atom. The van der Waals surface area contributed by atoms with Crippen molar-refractivity contribution < 1.29 is 23.1 Å². The molecular formula is C19H21F3N4O2. The molecule has 2 aliphatic rings. The first-order valence-electron chi connectivity index (χ1n) is 9.33. The second kappa shape index (κ2) is 7.29. The average molecular weight is 394 g/mol. The SMILES string of the molecule is O=C(N[C@H]1C[C@H](N[C@H](CO)C(F)(F)F)C1)c1cnc2cc(C3CC3)ncc2c1. The van der Waals surface area contributed by atoms with Gasteiger partial charge in [-0.1, -0.05) is 0 Å². The van der Waals surface area contributed by atoms with Crippen molar-refractivity contribution >= 4 is 16.8 Å². The highest BCUT2D eigenvalue weighted by molar-refractivity contribution is 5.97. The number of aliphatic hydroxyl groups is 1. The molecule has 6 nitrogen and oxygen atoms in total. The van der Waals surface area contributed by atoms with Crippen molar-refractivity contribution in [2.24, 2.45) is 0 Å². The fourth-order valence-corrected chi connectivity index (χ4v) is 3.44. The Morgan fingerprint density at radius 3 is 2.57 bits per heavy atom. The van der Waals surface area contributed by atoms with Crippen molar-refractivity contribution in [1.29, 1.82) is 0 Å². The van der Waals surface area contributed by atoms with Gasteiger partial charge in [-0.15, -0.1) is 0 Å². The monoisotopic (exact) mass is 394 g/mol. The van der Waals surface area contributed by atoms with Gasteiger partial charge >= 0.3 is 6.18 Å². The zero-order valence-corrected chi connectivity index (χ0v) is 15.0. The Hall–Kier alpha value is -2.26. The van der Waals surface area contributed by atoms with Gasteiger partial charge in [0.25, 0.3) is 5.91 Å². The molecule has 1 amide bonds. The van der Waals surface area contributed by atoms with Gasteiger partial charge in [-0.2, -0.15) is 13.2 Å². The van der Waals surface area contributed by atoms with E-state index in [2.05, 4.69) is 20.6 Å². The molecule has 2 aromatic heterocycles. The largest absolute Gasteiger partial charge is 0.406 e. The number of hydrogen-bond acceptors (Lipinski definition) is 5. The number of nitrogens with one attached hydrogen (secondary N) is 2. The minimum Gasteiger partial charge on any atom is -0.394 e. The van der Waals surface area contributed by atoms with Gasteiger partial charge in [0.05, 0.1) is 17.7 Å². The van der Waals surface area contributed by atoms with Crippen molar-refractivity contribution in [3.05, 3.63) is 35.8 Å². The van der Waals surface area contributed by atoms with E-state index in [1.807, 2.05) is 6.07 Å². The number of alkyl halides is 3. The number of halogens is 3. The number of fused-ring (bicyclic) bond motifs is 1. The molecule has 1 atom stereocenters. The van der Waals surface area contributed by atoms with Crippen LogP contribution in [0.5, 0.6) is 0 Å². The second-order valence-corrected chi connectivity index (χ2v) is 7.58. The van der Waals surface area contributed by atoms with Gasteiger partial charge in [-0.3, -0.25) is 14.8 Å². The molecule has 2 aromatic rings. The zero-order chi connectivity index (χ0) is 19.9. The molecule has 0 saturated heterocycles. The maximum absolute atomic E-state index is 12.7. The van der Waals surface area contributed by atoms with Crippen LogP contribution in [0.25, 0.3) is 10.9 Å². The quantitative estimate of drug-likeness (QED) is 0.700. The number of hydrogen-bond donors (Lipinski definition) is 3. The molecule has 0 spiro atoms. The van der Waals surface area contributed by atoms with Gasteiger partial charge in [0.15, 0.2) is 0 Å². The highest BCUT2D eigenvalue weighted by Gasteiger charge is 2.42. The van der Waals surface area contributed by atoms with Crippen LogP contribution in [-0.2, 0) is 0 Å². The molecule has 0 aromatic carbocycles. The number of rotatable bonds is 6. The molecular weight excluding hydrogens is 373 g/mol. The van der Waals surface area contributed by atoms with Gasteiger partial charge in [-0.25, -0.2) is 0 Å². The first-order valence-corrected chi connectivity index (χ1v) is 9.33. The Labute approximate surface area is 159 Å². The van der Waals surface area contributed by atoms with Crippen LogP contribution >= 0.6 is 0 Å². The molecule has 9 heteroatoms. The summed E-state index contributed by atoms with van der Waals surface area (Å²) in [6.07, 6.45) is 1.80. The molecule has 0 unspecified atom stereocenters. The van der Waals surface area contributed by atoms with Gasteiger partial charge in [0, 0.05) is 41.5 Å². The molecule has 150 valence electrons. The van der Waals surface area contributed by atoms with Crippen LogP contribution in [0.4, 0.5) is 13.2 Å². The number of carbonyl (C=O) groups excluding carboxylic acids is 1. The lowest BCUT2D eigenvalue weighted by Gasteiger charge is -2.38. The molecule has 2 fully saturated rings. The van der Waals surface area contributed by atoms with E-state index in [1.165, 1.54) is 6.20 Å². The third kappa shape index (κ3) is 4.10. The van der Waals surface area contributed by atoms with Gasteiger partial charge < -0.3 is 15.7 Å². The number of carbonyl (C=O) groups is 1. The number of amides is 1. The Morgan fingerprint density at radius 1 is 1.18 bits per heavy atom. The van der Waals surface area contributed by atoms with Crippen LogP contribution in [-0.4, -0.2) is 51.9 Å². The third-order valence-electron chi connectivity index (χ3n) is 5.33. The zero-order valence-electron chi connectivity index (χ0n) is 15.0. The van der Waals surface area contributed by atoms with E-state index in [-0.39, 0.29) is 18.0 Å². The van der Waals surface area contributed by atoms with Crippen molar-refractivity contribution in [2.75, 3.05) is 6.61 Å². The second-order valence-electron chi connectivity index (χ2n) is 7.58. The normalized spacial score (nSPS) is 23.3. The summed E-state index contributed by atoms with van der Waals surface area (Å²) in [5.41, 5.74) is 2.22. The van der Waals surface area contributed by atoms with Gasteiger partial charge in [-0.05, 0) is 37.8 Å². The molecule has 0 bridgehead atoms. The average Bonchev–Trinajstić information content (AvgIpc) is 3.46. The van der Waals surface area contributed by atoms with Crippen LogP contribution in [0.3, 0.4) is 0 Å². The van der Waals surface area contributed by atoms with Gasteiger partial charge in [0.1, 0.15) is 6.04 Å². The highest BCUT2D eigenvalue weighted by atomic mass is 19.4. The maximum Gasteiger partial charge on any atom is 0.406 e. The Bertz CT molecular complexity index is 879. The lowest BCUT2D eigenvalue weighted by atomic mass is 9.86.